The molecule has 1 atom stereocenters. The van der Waals surface area contributed by atoms with Crippen molar-refractivity contribution in [3.63, 3.8) is 0 Å². The molecule has 3 heterocycles. The summed E-state index contributed by atoms with van der Waals surface area (Å²) < 4.78 is 38.9. The molecule has 1 unspecified atom stereocenters. The summed E-state index contributed by atoms with van der Waals surface area (Å²) in [5, 5.41) is 0.299. The van der Waals surface area contributed by atoms with E-state index < -0.39 is 11.9 Å². The predicted octanol–water partition coefficient (Wildman–Crippen LogP) is 4.88. The van der Waals surface area contributed by atoms with Crippen LogP contribution in [0.2, 0.25) is 0 Å². The van der Waals surface area contributed by atoms with Crippen molar-refractivity contribution in [2.45, 2.75) is 12.3 Å². The van der Waals surface area contributed by atoms with Crippen LogP contribution in [0.1, 0.15) is 39.4 Å². The lowest BCUT2D eigenvalue weighted by Gasteiger charge is -2.25. The number of Topliss-reactive ketones (excluding diaryl/α,β-unsaturated/α-hetero) is 1. The molecule has 10 nitrogen and oxygen atoms in total. The Hall–Kier alpha value is -5.25. The van der Waals surface area contributed by atoms with E-state index in [-0.39, 0.29) is 46.0 Å². The molecule has 0 N–H and O–H groups in total. The Morgan fingerprint density at radius 2 is 1.59 bits per heavy atom. The highest BCUT2D eigenvalue weighted by molar-refractivity contribution is 6.15. The zero-order valence-electron chi connectivity index (χ0n) is 22.6. The van der Waals surface area contributed by atoms with E-state index in [1.165, 1.54) is 52.9 Å². The van der Waals surface area contributed by atoms with Gasteiger partial charge in [0.1, 0.15) is 28.6 Å². The van der Waals surface area contributed by atoms with Gasteiger partial charge in [0.25, 0.3) is 0 Å². The molecule has 0 aliphatic carbocycles. The molecule has 41 heavy (non-hydrogen) atoms. The second-order valence-corrected chi connectivity index (χ2v) is 9.36. The van der Waals surface area contributed by atoms with Crippen molar-refractivity contribution in [3.05, 3.63) is 87.0 Å². The van der Waals surface area contributed by atoms with Crippen molar-refractivity contribution in [2.75, 3.05) is 28.4 Å². The average Bonchev–Trinajstić information content (AvgIpc) is 3.31. The maximum atomic E-state index is 13.6. The van der Waals surface area contributed by atoms with Crippen molar-refractivity contribution >= 4 is 28.8 Å². The Kier molecular flexibility index (Phi) is 6.37. The second kappa shape index (κ2) is 10.1. The maximum Gasteiger partial charge on any atom is 0.312 e. The van der Waals surface area contributed by atoms with Gasteiger partial charge in [-0.05, 0) is 42.5 Å². The number of ether oxygens (including phenoxy) is 6. The first-order chi connectivity index (χ1) is 19.9. The Morgan fingerprint density at radius 3 is 2.32 bits per heavy atom. The van der Waals surface area contributed by atoms with E-state index in [1.807, 2.05) is 0 Å². The van der Waals surface area contributed by atoms with Gasteiger partial charge in [0.05, 0.1) is 52.1 Å². The Balaban J connectivity index is 1.48. The van der Waals surface area contributed by atoms with Crippen LogP contribution in [0.25, 0.3) is 17.0 Å². The molecule has 10 heteroatoms. The zero-order valence-corrected chi connectivity index (χ0v) is 22.6. The molecule has 6 rings (SSSR count). The molecule has 0 saturated carbocycles. The lowest BCUT2D eigenvalue weighted by molar-refractivity contribution is -0.135. The molecule has 1 aromatic heterocycles. The minimum Gasteiger partial charge on any atom is -0.497 e. The first-order valence-electron chi connectivity index (χ1n) is 12.6. The number of esters is 1. The predicted molar refractivity (Wildman–Crippen MR) is 147 cm³/mol. The Morgan fingerprint density at radius 1 is 0.829 bits per heavy atom. The highest BCUT2D eigenvalue weighted by Crippen LogP contribution is 2.49. The van der Waals surface area contributed by atoms with Crippen LogP contribution in [0.15, 0.2) is 63.7 Å². The molecule has 2 aliphatic heterocycles. The van der Waals surface area contributed by atoms with Gasteiger partial charge in [0.2, 0.25) is 5.78 Å². The molecule has 0 fully saturated rings. The molecular weight excluding hydrogens is 532 g/mol. The van der Waals surface area contributed by atoms with Crippen molar-refractivity contribution in [3.8, 4) is 34.5 Å². The molecule has 4 aromatic rings. The fourth-order valence-electron chi connectivity index (χ4n) is 5.17. The van der Waals surface area contributed by atoms with Crippen LogP contribution in [0, 0.1) is 0 Å². The average molecular weight is 557 g/mol. The number of fused-ring (bicyclic) bond motifs is 4. The summed E-state index contributed by atoms with van der Waals surface area (Å²) in [7, 11) is 6.01. The third kappa shape index (κ3) is 4.24. The van der Waals surface area contributed by atoms with Gasteiger partial charge in [-0.3, -0.25) is 14.4 Å². The highest BCUT2D eigenvalue weighted by Gasteiger charge is 2.40. The molecule has 2 aliphatic rings. The van der Waals surface area contributed by atoms with Crippen molar-refractivity contribution in [1.29, 1.82) is 0 Å². The lowest BCUT2D eigenvalue weighted by atomic mass is 9.85. The van der Waals surface area contributed by atoms with Gasteiger partial charge in [-0.1, -0.05) is 0 Å². The molecule has 0 saturated heterocycles. The lowest BCUT2D eigenvalue weighted by Crippen LogP contribution is -2.25. The molecule has 0 bridgehead atoms. The minimum atomic E-state index is -0.782. The molecular formula is C31H24O10. The first kappa shape index (κ1) is 26.0. The van der Waals surface area contributed by atoms with E-state index in [0.29, 0.717) is 45.1 Å². The third-order valence-electron chi connectivity index (χ3n) is 7.18. The fraction of sp³-hybridized carbons (Fsp3) is 0.194. The van der Waals surface area contributed by atoms with Gasteiger partial charge in [-0.25, -0.2) is 0 Å². The summed E-state index contributed by atoms with van der Waals surface area (Å²) in [6.07, 6.45) is 2.73. The molecule has 0 amide bonds. The Bertz CT molecular complexity index is 1830. The van der Waals surface area contributed by atoms with Crippen LogP contribution in [0.5, 0.6) is 34.5 Å². The SMILES string of the molecule is COc1ccc2occ(C3CC(=O)Oc4ccc5c(c43)OC(=Cc3cc(OC)c(OC)cc3OC)C5=O)c(=O)c2c1. The van der Waals surface area contributed by atoms with E-state index >= 15 is 0 Å². The quantitative estimate of drug-likeness (QED) is 0.185. The van der Waals surface area contributed by atoms with Crippen LogP contribution in [0.3, 0.4) is 0 Å². The van der Waals surface area contributed by atoms with E-state index in [2.05, 4.69) is 0 Å². The van der Waals surface area contributed by atoms with Gasteiger partial charge >= 0.3 is 5.97 Å². The van der Waals surface area contributed by atoms with E-state index in [4.69, 9.17) is 32.8 Å². The largest absolute Gasteiger partial charge is 0.497 e. The van der Waals surface area contributed by atoms with E-state index in [0.717, 1.165) is 0 Å². The number of benzene rings is 3. The topological polar surface area (TPSA) is 120 Å². The van der Waals surface area contributed by atoms with Gasteiger partial charge in [-0.2, -0.15) is 0 Å². The van der Waals surface area contributed by atoms with Gasteiger partial charge in [-0.15, -0.1) is 0 Å². The Labute approximate surface area is 233 Å². The van der Waals surface area contributed by atoms with Crippen molar-refractivity contribution < 1.29 is 42.4 Å². The van der Waals surface area contributed by atoms with Gasteiger partial charge < -0.3 is 32.8 Å². The maximum absolute atomic E-state index is 13.6. The molecule has 208 valence electrons. The van der Waals surface area contributed by atoms with Crippen LogP contribution in [-0.2, 0) is 4.79 Å². The van der Waals surface area contributed by atoms with Crippen LogP contribution in [0.4, 0.5) is 0 Å². The van der Waals surface area contributed by atoms with Crippen LogP contribution in [-0.4, -0.2) is 40.2 Å². The number of carbonyl (C=O) groups is 2. The number of ketones is 1. The second-order valence-electron chi connectivity index (χ2n) is 9.36. The number of carbonyl (C=O) groups excluding carboxylic acids is 2. The summed E-state index contributed by atoms with van der Waals surface area (Å²) in [5.41, 5.74) is 1.46. The number of hydrogen-bond acceptors (Lipinski definition) is 10. The first-order valence-corrected chi connectivity index (χ1v) is 12.6. The number of rotatable bonds is 6. The monoisotopic (exact) mass is 556 g/mol. The van der Waals surface area contributed by atoms with E-state index in [1.54, 1.807) is 30.3 Å². The molecule has 3 aromatic carbocycles. The van der Waals surface area contributed by atoms with Gasteiger partial charge in [0, 0.05) is 28.7 Å². The summed E-state index contributed by atoms with van der Waals surface area (Å²) >= 11 is 0. The number of hydrogen-bond donors (Lipinski definition) is 0. The summed E-state index contributed by atoms with van der Waals surface area (Å²) in [6, 6.07) is 11.3. The van der Waals surface area contributed by atoms with Crippen molar-refractivity contribution in [2.24, 2.45) is 0 Å². The fourth-order valence-corrected chi connectivity index (χ4v) is 5.17. The van der Waals surface area contributed by atoms with Crippen LogP contribution < -0.4 is 33.8 Å². The number of allylic oxidation sites excluding steroid dienone is 1. The third-order valence-corrected chi connectivity index (χ3v) is 7.18. The number of methoxy groups -OCH3 is 4. The van der Waals surface area contributed by atoms with Crippen molar-refractivity contribution in [1.82, 2.24) is 0 Å². The summed E-state index contributed by atoms with van der Waals surface area (Å²) in [6.45, 7) is 0. The highest BCUT2D eigenvalue weighted by atomic mass is 16.5. The molecule has 0 spiro atoms. The smallest absolute Gasteiger partial charge is 0.312 e. The normalized spacial score (nSPS) is 16.6. The summed E-state index contributed by atoms with van der Waals surface area (Å²) in [4.78, 5) is 39.7. The van der Waals surface area contributed by atoms with Crippen LogP contribution >= 0.6 is 0 Å². The minimum absolute atomic E-state index is 0.0184. The zero-order chi connectivity index (χ0) is 28.8. The standard InChI is InChI=1S/C31H24O10/c1-35-16-5-7-21-19(11-16)29(33)20(14-39-21)18-12-27(32)40-22-8-6-17-30(34)26(41-31(17)28(18)22)10-15-9-24(37-3)25(38-4)13-23(15)36-2/h5-11,13-14,18H,12H2,1-4H3. The van der Waals surface area contributed by atoms with Gasteiger partial charge in [0.15, 0.2) is 22.7 Å². The molecule has 0 radical (unpaired) electrons. The summed E-state index contributed by atoms with van der Waals surface area (Å²) in [5.74, 6) is 0.551. The van der Waals surface area contributed by atoms with E-state index in [9.17, 15) is 14.4 Å².